The van der Waals surface area contributed by atoms with Gasteiger partial charge in [0.1, 0.15) is 0 Å². The number of nitrogens with one attached hydrogen (secondary N) is 1. The molecule has 4 rings (SSSR count). The zero-order valence-corrected chi connectivity index (χ0v) is 14.5. The van der Waals surface area contributed by atoms with Crippen molar-refractivity contribution in [3.63, 3.8) is 0 Å². The lowest BCUT2D eigenvalue weighted by molar-refractivity contribution is 0.225. The number of likely N-dealkylation sites (N-methyl/N-ethyl adjacent to an activating group) is 1. The average Bonchev–Trinajstić information content (AvgIpc) is 3.07. The third-order valence-electron chi connectivity index (χ3n) is 4.65. The summed E-state index contributed by atoms with van der Waals surface area (Å²) < 4.78 is 3.03. The molecule has 0 aliphatic carbocycles. The van der Waals surface area contributed by atoms with Crippen LogP contribution < -0.4 is 5.32 Å². The van der Waals surface area contributed by atoms with Crippen LogP contribution in [0.3, 0.4) is 0 Å². The Bertz CT molecular complexity index is 815. The number of aromatic nitrogens is 3. The van der Waals surface area contributed by atoms with Crippen LogP contribution in [0.5, 0.6) is 0 Å². The number of hydrogen-bond donors (Lipinski definition) is 1. The molecular weight excluding hydrogens is 306 g/mol. The van der Waals surface area contributed by atoms with Crippen molar-refractivity contribution < 1.29 is 0 Å². The molecule has 0 bridgehead atoms. The molecule has 0 saturated carbocycles. The van der Waals surface area contributed by atoms with Crippen LogP contribution in [0.1, 0.15) is 16.8 Å². The van der Waals surface area contributed by atoms with Gasteiger partial charge in [0.2, 0.25) is 0 Å². The van der Waals surface area contributed by atoms with Crippen LogP contribution in [0.4, 0.5) is 5.13 Å². The fraction of sp³-hybridized carbons (Fsp3) is 0.412. The fourth-order valence-electron chi connectivity index (χ4n) is 3.31. The van der Waals surface area contributed by atoms with Crippen LogP contribution in [0, 0.1) is 6.92 Å². The number of rotatable bonds is 3. The van der Waals surface area contributed by atoms with E-state index in [4.69, 9.17) is 0 Å². The summed E-state index contributed by atoms with van der Waals surface area (Å²) in [5, 5.41) is 8.93. The molecule has 0 amide bonds. The molecule has 23 heavy (non-hydrogen) atoms. The molecule has 0 spiro atoms. The number of aryl methyl sites for hydroxylation is 2. The van der Waals surface area contributed by atoms with Crippen molar-refractivity contribution in [2.24, 2.45) is 7.05 Å². The summed E-state index contributed by atoms with van der Waals surface area (Å²) in [5.74, 6) is 0. The first-order valence-corrected chi connectivity index (χ1v) is 8.74. The van der Waals surface area contributed by atoms with E-state index in [2.05, 4.69) is 51.6 Å². The Morgan fingerprint density at radius 1 is 1.26 bits per heavy atom. The SMILES string of the molecule is Cc1nn(C)c2nc(NC[C@H]3Cc4ccccc4CN3C)sc12. The Kier molecular flexibility index (Phi) is 3.58. The zero-order chi connectivity index (χ0) is 16.0. The molecule has 0 saturated heterocycles. The van der Waals surface area contributed by atoms with Gasteiger partial charge >= 0.3 is 0 Å². The zero-order valence-electron chi connectivity index (χ0n) is 13.7. The van der Waals surface area contributed by atoms with E-state index in [1.54, 1.807) is 11.3 Å². The first-order chi connectivity index (χ1) is 11.1. The number of nitrogens with zero attached hydrogens (tertiary/aromatic N) is 4. The highest BCUT2D eigenvalue weighted by atomic mass is 32.1. The molecule has 1 atom stereocenters. The molecule has 6 heteroatoms. The molecule has 3 aromatic rings. The molecule has 1 aliphatic rings. The molecule has 0 fully saturated rings. The predicted octanol–water partition coefficient (Wildman–Crippen LogP) is 2.81. The van der Waals surface area contributed by atoms with Gasteiger partial charge in [-0.05, 0) is 31.5 Å². The Morgan fingerprint density at radius 3 is 2.83 bits per heavy atom. The number of thiazole rings is 1. The van der Waals surface area contributed by atoms with Gasteiger partial charge < -0.3 is 5.32 Å². The molecular formula is C17H21N5S. The second kappa shape index (κ2) is 5.62. The molecule has 3 heterocycles. The Labute approximate surface area is 139 Å². The predicted molar refractivity (Wildman–Crippen MR) is 95.0 cm³/mol. The van der Waals surface area contributed by atoms with Gasteiger partial charge in [-0.3, -0.25) is 4.90 Å². The maximum absolute atomic E-state index is 4.68. The van der Waals surface area contributed by atoms with Gasteiger partial charge in [-0.2, -0.15) is 5.10 Å². The largest absolute Gasteiger partial charge is 0.360 e. The molecule has 120 valence electrons. The summed E-state index contributed by atoms with van der Waals surface area (Å²) in [7, 11) is 4.15. The standard InChI is InChI=1S/C17H21N5S/c1-11-15-16(22(3)20-11)19-17(23-15)18-9-14-8-12-6-4-5-7-13(12)10-21(14)2/h4-7,14H,8-10H2,1-3H3,(H,18,19)/t14-/m1/s1. The van der Waals surface area contributed by atoms with Crippen molar-refractivity contribution in [3.05, 3.63) is 41.1 Å². The van der Waals surface area contributed by atoms with Gasteiger partial charge in [0, 0.05) is 26.2 Å². The first-order valence-electron chi connectivity index (χ1n) is 7.93. The fourth-order valence-corrected chi connectivity index (χ4v) is 4.25. The van der Waals surface area contributed by atoms with Crippen LogP contribution in [0.2, 0.25) is 0 Å². The quantitative estimate of drug-likeness (QED) is 0.803. The van der Waals surface area contributed by atoms with E-state index in [0.29, 0.717) is 6.04 Å². The highest BCUT2D eigenvalue weighted by molar-refractivity contribution is 7.22. The lowest BCUT2D eigenvalue weighted by atomic mass is 9.94. The van der Waals surface area contributed by atoms with E-state index in [9.17, 15) is 0 Å². The molecule has 1 N–H and O–H groups in total. The summed E-state index contributed by atoms with van der Waals surface area (Å²) in [6.07, 6.45) is 1.09. The Hall–Kier alpha value is -1.92. The van der Waals surface area contributed by atoms with Crippen molar-refractivity contribution in [1.29, 1.82) is 0 Å². The smallest absolute Gasteiger partial charge is 0.185 e. The van der Waals surface area contributed by atoms with Crippen LogP contribution in [-0.4, -0.2) is 39.3 Å². The molecule has 5 nitrogen and oxygen atoms in total. The van der Waals surface area contributed by atoms with Crippen LogP contribution in [0.15, 0.2) is 24.3 Å². The van der Waals surface area contributed by atoms with E-state index in [1.807, 2.05) is 18.7 Å². The van der Waals surface area contributed by atoms with E-state index >= 15 is 0 Å². The van der Waals surface area contributed by atoms with Crippen molar-refractivity contribution in [2.75, 3.05) is 18.9 Å². The van der Waals surface area contributed by atoms with Gasteiger partial charge in [-0.15, -0.1) is 0 Å². The summed E-state index contributed by atoms with van der Waals surface area (Å²) in [4.78, 5) is 7.10. The normalized spacial score (nSPS) is 18.3. The Balaban J connectivity index is 1.49. The average molecular weight is 327 g/mol. The van der Waals surface area contributed by atoms with Gasteiger partial charge in [0.25, 0.3) is 0 Å². The second-order valence-corrected chi connectivity index (χ2v) is 7.30. The topological polar surface area (TPSA) is 46.0 Å². The lowest BCUT2D eigenvalue weighted by Gasteiger charge is -2.34. The van der Waals surface area contributed by atoms with E-state index in [0.717, 1.165) is 36.0 Å². The van der Waals surface area contributed by atoms with Crippen molar-refractivity contribution in [1.82, 2.24) is 19.7 Å². The minimum Gasteiger partial charge on any atom is -0.360 e. The van der Waals surface area contributed by atoms with Crippen LogP contribution >= 0.6 is 11.3 Å². The Morgan fingerprint density at radius 2 is 2.04 bits per heavy atom. The van der Waals surface area contributed by atoms with Crippen molar-refractivity contribution in [2.45, 2.75) is 25.9 Å². The van der Waals surface area contributed by atoms with E-state index in [-0.39, 0.29) is 0 Å². The first kappa shape index (κ1) is 14.7. The number of anilines is 1. The van der Waals surface area contributed by atoms with Gasteiger partial charge in [-0.25, -0.2) is 9.67 Å². The summed E-state index contributed by atoms with van der Waals surface area (Å²) in [6.45, 7) is 3.97. The number of fused-ring (bicyclic) bond motifs is 2. The van der Waals surface area contributed by atoms with E-state index in [1.165, 1.54) is 15.8 Å². The van der Waals surface area contributed by atoms with E-state index < -0.39 is 0 Å². The third-order valence-corrected chi connectivity index (χ3v) is 5.76. The molecule has 2 aromatic heterocycles. The van der Waals surface area contributed by atoms with Gasteiger partial charge in [0.15, 0.2) is 10.8 Å². The molecule has 1 aliphatic heterocycles. The van der Waals surface area contributed by atoms with Crippen molar-refractivity contribution in [3.8, 4) is 0 Å². The highest BCUT2D eigenvalue weighted by Gasteiger charge is 2.23. The maximum Gasteiger partial charge on any atom is 0.185 e. The maximum atomic E-state index is 4.68. The van der Waals surface area contributed by atoms with Gasteiger partial charge in [0.05, 0.1) is 10.4 Å². The summed E-state index contributed by atoms with van der Waals surface area (Å²) in [6, 6.07) is 9.25. The number of hydrogen-bond acceptors (Lipinski definition) is 5. The summed E-state index contributed by atoms with van der Waals surface area (Å²) >= 11 is 1.70. The minimum absolute atomic E-state index is 0.496. The minimum atomic E-state index is 0.496. The van der Waals surface area contributed by atoms with Gasteiger partial charge in [-0.1, -0.05) is 35.6 Å². The lowest BCUT2D eigenvalue weighted by Crippen LogP contribution is -2.41. The molecule has 1 aromatic carbocycles. The monoisotopic (exact) mass is 327 g/mol. The molecule has 0 radical (unpaired) electrons. The number of benzene rings is 1. The highest BCUT2D eigenvalue weighted by Crippen LogP contribution is 2.28. The second-order valence-electron chi connectivity index (χ2n) is 6.30. The molecule has 0 unspecified atom stereocenters. The third kappa shape index (κ3) is 2.62. The van der Waals surface area contributed by atoms with Crippen LogP contribution in [0.25, 0.3) is 10.3 Å². The van der Waals surface area contributed by atoms with Crippen molar-refractivity contribution >= 4 is 26.8 Å². The van der Waals surface area contributed by atoms with Crippen LogP contribution in [-0.2, 0) is 20.0 Å². The summed E-state index contributed by atoms with van der Waals surface area (Å²) in [5.41, 5.74) is 4.95.